The number of carboxylic acid groups (broad SMARTS) is 2. The third kappa shape index (κ3) is 8.85. The molecule has 224 valence electrons. The van der Waals surface area contributed by atoms with Gasteiger partial charge in [-0.2, -0.15) is 0 Å². The minimum absolute atomic E-state index is 0.0623. The van der Waals surface area contributed by atoms with E-state index in [0.29, 0.717) is 31.7 Å². The van der Waals surface area contributed by atoms with Gasteiger partial charge in [0.25, 0.3) is 0 Å². The molecule has 0 atom stereocenters. The second-order valence-corrected chi connectivity index (χ2v) is 10.5. The Labute approximate surface area is 252 Å². The Hall–Kier alpha value is -4.78. The first-order chi connectivity index (χ1) is 20.9. The van der Waals surface area contributed by atoms with Crippen LogP contribution >= 0.6 is 0 Å². The van der Waals surface area contributed by atoms with Crippen LogP contribution in [0, 0.1) is 6.92 Å². The van der Waals surface area contributed by atoms with Gasteiger partial charge in [0.2, 0.25) is 0 Å². The number of aromatic nitrogens is 1. The quantitative estimate of drug-likeness (QED) is 0.0758. The van der Waals surface area contributed by atoms with Crippen molar-refractivity contribution in [3.63, 3.8) is 0 Å². The number of carbonyl (C=O) groups is 2. The van der Waals surface area contributed by atoms with Gasteiger partial charge in [0.15, 0.2) is 0 Å². The fourth-order valence-corrected chi connectivity index (χ4v) is 5.16. The van der Waals surface area contributed by atoms with E-state index in [1.165, 1.54) is 0 Å². The topological polar surface area (TPSA) is 98.0 Å². The summed E-state index contributed by atoms with van der Waals surface area (Å²) in [6.45, 7) is 7.64. The number of hydrogen-bond acceptors (Lipinski definition) is 4. The van der Waals surface area contributed by atoms with Crippen LogP contribution in [-0.4, -0.2) is 39.9 Å². The molecule has 0 saturated carbocycles. The zero-order valence-electron chi connectivity index (χ0n) is 24.6. The predicted octanol–water partition coefficient (Wildman–Crippen LogP) is 7.58. The summed E-state index contributed by atoms with van der Waals surface area (Å²) in [5, 5.41) is 19.3. The van der Waals surface area contributed by atoms with Crippen molar-refractivity contribution in [1.82, 2.24) is 4.57 Å². The normalized spacial score (nSPS) is 11.2. The molecular formula is C36H39NO6. The van der Waals surface area contributed by atoms with Crippen molar-refractivity contribution in [2.45, 2.75) is 52.0 Å². The van der Waals surface area contributed by atoms with Crippen LogP contribution in [0.5, 0.6) is 11.5 Å². The highest BCUT2D eigenvalue weighted by atomic mass is 16.5. The molecule has 0 unspecified atom stereocenters. The van der Waals surface area contributed by atoms with E-state index in [9.17, 15) is 14.7 Å². The van der Waals surface area contributed by atoms with E-state index in [1.807, 2.05) is 77.5 Å². The average Bonchev–Trinajstić information content (AvgIpc) is 3.32. The van der Waals surface area contributed by atoms with E-state index >= 15 is 0 Å². The van der Waals surface area contributed by atoms with E-state index < -0.39 is 11.9 Å². The molecule has 0 fully saturated rings. The summed E-state index contributed by atoms with van der Waals surface area (Å²) in [5.41, 5.74) is 5.80. The standard InChI is InChI=1S/C36H39NO6/c1-3-9-29-12-6-10-26(2)36(29)43-23-5-4-22-42-31-19-16-27(17-20-31)15-18-28-11-7-13-32-35(28)30(24-34(40)41)25-37(32)21-8-14-33(38)39/h3,6-7,10-13,15-20,25H,1,4-5,8-9,14,21-24H2,2H3,(H,38,39)(H,40,41)/b18-15+. The summed E-state index contributed by atoms with van der Waals surface area (Å²) in [4.78, 5) is 22.5. The van der Waals surface area contributed by atoms with Crippen LogP contribution in [-0.2, 0) is 29.0 Å². The van der Waals surface area contributed by atoms with E-state index in [4.69, 9.17) is 14.6 Å². The van der Waals surface area contributed by atoms with Gasteiger partial charge in [-0.05, 0) is 78.6 Å². The molecule has 43 heavy (non-hydrogen) atoms. The Morgan fingerprint density at radius 2 is 1.60 bits per heavy atom. The smallest absolute Gasteiger partial charge is 0.307 e. The van der Waals surface area contributed by atoms with Crippen molar-refractivity contribution in [2.24, 2.45) is 0 Å². The van der Waals surface area contributed by atoms with E-state index in [1.54, 1.807) is 0 Å². The average molecular weight is 582 g/mol. The van der Waals surface area contributed by atoms with Gasteiger partial charge >= 0.3 is 11.9 Å². The summed E-state index contributed by atoms with van der Waals surface area (Å²) in [6.07, 6.45) is 10.7. The number of fused-ring (bicyclic) bond motifs is 1. The van der Waals surface area contributed by atoms with Crippen molar-refractivity contribution in [3.05, 3.63) is 107 Å². The van der Waals surface area contributed by atoms with Gasteiger partial charge in [-0.15, -0.1) is 6.58 Å². The molecule has 4 rings (SSSR count). The van der Waals surface area contributed by atoms with E-state index in [-0.39, 0.29) is 12.8 Å². The SMILES string of the molecule is C=CCc1cccc(C)c1OCCCCOc1ccc(/C=C/c2cccc3c2c(CC(=O)O)cn3CCCC(=O)O)cc1. The summed E-state index contributed by atoms with van der Waals surface area (Å²) >= 11 is 0. The highest BCUT2D eigenvalue weighted by Gasteiger charge is 2.14. The largest absolute Gasteiger partial charge is 0.494 e. The maximum atomic E-state index is 11.6. The molecule has 7 nitrogen and oxygen atoms in total. The van der Waals surface area contributed by atoms with Gasteiger partial charge in [0.05, 0.1) is 19.6 Å². The molecule has 0 aliphatic heterocycles. The number of aliphatic carboxylic acids is 2. The van der Waals surface area contributed by atoms with Gasteiger partial charge in [-0.25, -0.2) is 0 Å². The first-order valence-corrected chi connectivity index (χ1v) is 14.6. The van der Waals surface area contributed by atoms with Crippen LogP contribution in [0.3, 0.4) is 0 Å². The van der Waals surface area contributed by atoms with E-state index in [0.717, 1.165) is 63.9 Å². The van der Waals surface area contributed by atoms with Gasteiger partial charge in [0.1, 0.15) is 11.5 Å². The van der Waals surface area contributed by atoms with Crippen LogP contribution in [0.25, 0.3) is 23.1 Å². The summed E-state index contributed by atoms with van der Waals surface area (Å²) < 4.78 is 14.0. The molecule has 4 aromatic rings. The third-order valence-electron chi connectivity index (χ3n) is 7.20. The number of aryl methyl sites for hydroxylation is 2. The van der Waals surface area contributed by atoms with Gasteiger partial charge in [-0.1, -0.05) is 60.7 Å². The van der Waals surface area contributed by atoms with Crippen molar-refractivity contribution in [1.29, 1.82) is 0 Å². The number of benzene rings is 3. The maximum Gasteiger partial charge on any atom is 0.307 e. The summed E-state index contributed by atoms with van der Waals surface area (Å²) in [5.74, 6) is 0.00323. The Kier molecular flexibility index (Phi) is 11.2. The second kappa shape index (κ2) is 15.4. The zero-order chi connectivity index (χ0) is 30.6. The van der Waals surface area contributed by atoms with Gasteiger partial charge in [0, 0.05) is 30.1 Å². The van der Waals surface area contributed by atoms with Gasteiger partial charge < -0.3 is 24.3 Å². The Morgan fingerprint density at radius 3 is 2.33 bits per heavy atom. The zero-order valence-corrected chi connectivity index (χ0v) is 24.6. The number of hydrogen-bond donors (Lipinski definition) is 2. The van der Waals surface area contributed by atoms with Crippen molar-refractivity contribution >= 4 is 35.0 Å². The van der Waals surface area contributed by atoms with Crippen molar-refractivity contribution < 1.29 is 29.3 Å². The lowest BCUT2D eigenvalue weighted by atomic mass is 10.0. The second-order valence-electron chi connectivity index (χ2n) is 10.5. The first-order valence-electron chi connectivity index (χ1n) is 14.6. The lowest BCUT2D eigenvalue weighted by Crippen LogP contribution is -2.04. The fraction of sp³-hybridized carbons (Fsp3) is 0.278. The number of carboxylic acids is 2. The third-order valence-corrected chi connectivity index (χ3v) is 7.20. The highest BCUT2D eigenvalue weighted by Crippen LogP contribution is 2.28. The number of allylic oxidation sites excluding steroid dienone is 1. The first kappa shape index (κ1) is 31.2. The summed E-state index contributed by atoms with van der Waals surface area (Å²) in [7, 11) is 0. The lowest BCUT2D eigenvalue weighted by molar-refractivity contribution is -0.137. The van der Waals surface area contributed by atoms with Gasteiger partial charge in [-0.3, -0.25) is 9.59 Å². The fourth-order valence-electron chi connectivity index (χ4n) is 5.16. The van der Waals surface area contributed by atoms with Crippen LogP contribution in [0.15, 0.2) is 79.5 Å². The molecule has 0 amide bonds. The molecule has 2 N–H and O–H groups in total. The molecule has 0 spiro atoms. The van der Waals surface area contributed by atoms with Crippen LogP contribution in [0.1, 0.15) is 53.5 Å². The molecule has 1 heterocycles. The summed E-state index contributed by atoms with van der Waals surface area (Å²) in [6, 6.07) is 19.9. The number of para-hydroxylation sites is 1. The van der Waals surface area contributed by atoms with Crippen LogP contribution < -0.4 is 9.47 Å². The Bertz CT molecular complexity index is 1580. The van der Waals surface area contributed by atoms with Crippen molar-refractivity contribution in [2.75, 3.05) is 13.2 Å². The number of rotatable bonds is 17. The van der Waals surface area contributed by atoms with Crippen LogP contribution in [0.2, 0.25) is 0 Å². The molecule has 0 aliphatic rings. The predicted molar refractivity (Wildman–Crippen MR) is 171 cm³/mol. The minimum Gasteiger partial charge on any atom is -0.494 e. The monoisotopic (exact) mass is 581 g/mol. The molecule has 1 aromatic heterocycles. The minimum atomic E-state index is -0.907. The number of unbranched alkanes of at least 4 members (excludes halogenated alkanes) is 1. The highest BCUT2D eigenvalue weighted by molar-refractivity contribution is 5.96. The lowest BCUT2D eigenvalue weighted by Gasteiger charge is -2.13. The van der Waals surface area contributed by atoms with Crippen molar-refractivity contribution in [3.8, 4) is 11.5 Å². The Morgan fingerprint density at radius 1 is 0.860 bits per heavy atom. The molecule has 0 bridgehead atoms. The molecule has 0 aliphatic carbocycles. The maximum absolute atomic E-state index is 11.6. The molecular weight excluding hydrogens is 542 g/mol. The molecule has 7 heteroatoms. The molecule has 0 saturated heterocycles. The molecule has 3 aromatic carbocycles. The molecule has 0 radical (unpaired) electrons. The van der Waals surface area contributed by atoms with Crippen LogP contribution in [0.4, 0.5) is 0 Å². The van der Waals surface area contributed by atoms with E-state index in [2.05, 4.69) is 25.6 Å². The Balaban J connectivity index is 1.33. The number of nitrogens with zero attached hydrogens (tertiary/aromatic N) is 1. The number of ether oxygens (including phenoxy) is 2.